The van der Waals surface area contributed by atoms with Crippen LogP contribution in [0.5, 0.6) is 23.0 Å². The molecule has 1 heterocycles. The topological polar surface area (TPSA) is 49.0 Å². The summed E-state index contributed by atoms with van der Waals surface area (Å²) in [5.74, 6) is 1.76. The number of halogens is 3. The molecule has 0 radical (unpaired) electrons. The van der Waals surface area contributed by atoms with Gasteiger partial charge in [-0.2, -0.15) is 13.2 Å². The summed E-state index contributed by atoms with van der Waals surface area (Å²) in [5, 5.41) is 3.36. The van der Waals surface area contributed by atoms with Crippen molar-refractivity contribution in [2.75, 3.05) is 20.5 Å². The van der Waals surface area contributed by atoms with Crippen molar-refractivity contribution in [2.24, 2.45) is 0 Å². The van der Waals surface area contributed by atoms with Crippen molar-refractivity contribution in [1.82, 2.24) is 5.32 Å². The van der Waals surface area contributed by atoms with E-state index in [4.69, 9.17) is 18.9 Å². The quantitative estimate of drug-likeness (QED) is 0.776. The number of fused-ring (bicyclic) bond motifs is 1. The van der Waals surface area contributed by atoms with Crippen molar-refractivity contribution >= 4 is 0 Å². The van der Waals surface area contributed by atoms with Crippen LogP contribution in [-0.2, 0) is 6.54 Å². The van der Waals surface area contributed by atoms with Crippen LogP contribution in [0.2, 0.25) is 0 Å². The molecule has 0 fully saturated rings. The summed E-state index contributed by atoms with van der Waals surface area (Å²) in [6.45, 7) is 1.38. The summed E-state index contributed by atoms with van der Waals surface area (Å²) >= 11 is 0. The average molecular weight is 383 g/mol. The van der Waals surface area contributed by atoms with Gasteiger partial charge in [0.2, 0.25) is 6.79 Å². The number of hydrogen-bond donors (Lipinski definition) is 1. The van der Waals surface area contributed by atoms with E-state index in [1.807, 2.05) is 25.1 Å². The Morgan fingerprint density at radius 2 is 1.85 bits per heavy atom. The van der Waals surface area contributed by atoms with Crippen molar-refractivity contribution in [3.05, 3.63) is 47.5 Å². The van der Waals surface area contributed by atoms with Gasteiger partial charge in [0.15, 0.2) is 29.6 Å². The lowest BCUT2D eigenvalue weighted by Crippen LogP contribution is -2.20. The number of benzene rings is 2. The zero-order valence-corrected chi connectivity index (χ0v) is 14.9. The van der Waals surface area contributed by atoms with E-state index in [2.05, 4.69) is 5.32 Å². The molecule has 0 spiro atoms. The third-order valence-electron chi connectivity index (χ3n) is 4.13. The highest BCUT2D eigenvalue weighted by Crippen LogP contribution is 2.34. The second kappa shape index (κ2) is 7.96. The van der Waals surface area contributed by atoms with Gasteiger partial charge in [-0.3, -0.25) is 0 Å². The Morgan fingerprint density at radius 1 is 1.07 bits per heavy atom. The van der Waals surface area contributed by atoms with E-state index in [1.54, 1.807) is 12.1 Å². The summed E-state index contributed by atoms with van der Waals surface area (Å²) in [4.78, 5) is 0. The molecule has 146 valence electrons. The fourth-order valence-electron chi connectivity index (χ4n) is 2.67. The number of nitrogens with one attached hydrogen (secondary N) is 1. The van der Waals surface area contributed by atoms with Gasteiger partial charge < -0.3 is 24.3 Å². The van der Waals surface area contributed by atoms with Gasteiger partial charge in [0.25, 0.3) is 0 Å². The first-order chi connectivity index (χ1) is 12.9. The largest absolute Gasteiger partial charge is 0.493 e. The highest BCUT2D eigenvalue weighted by Gasteiger charge is 2.29. The highest BCUT2D eigenvalue weighted by atomic mass is 19.4. The monoisotopic (exact) mass is 383 g/mol. The molecule has 5 nitrogen and oxygen atoms in total. The molecule has 8 heteroatoms. The van der Waals surface area contributed by atoms with Crippen molar-refractivity contribution in [3.63, 3.8) is 0 Å². The van der Waals surface area contributed by atoms with Crippen LogP contribution in [0.4, 0.5) is 13.2 Å². The van der Waals surface area contributed by atoms with E-state index >= 15 is 0 Å². The maximum atomic E-state index is 12.3. The molecule has 1 atom stereocenters. The van der Waals surface area contributed by atoms with Crippen LogP contribution in [0.1, 0.15) is 24.1 Å². The van der Waals surface area contributed by atoms with Crippen molar-refractivity contribution in [1.29, 1.82) is 0 Å². The molecule has 2 aromatic rings. The molecule has 3 rings (SSSR count). The first-order valence-corrected chi connectivity index (χ1v) is 8.35. The second-order valence-electron chi connectivity index (χ2n) is 6.10. The van der Waals surface area contributed by atoms with Gasteiger partial charge in [-0.25, -0.2) is 0 Å². The highest BCUT2D eigenvalue weighted by molar-refractivity contribution is 5.45. The minimum atomic E-state index is -4.40. The fourth-order valence-corrected chi connectivity index (χ4v) is 2.67. The molecule has 2 aromatic carbocycles. The van der Waals surface area contributed by atoms with E-state index in [0.29, 0.717) is 12.3 Å². The third kappa shape index (κ3) is 4.97. The lowest BCUT2D eigenvalue weighted by Gasteiger charge is -2.16. The fraction of sp³-hybridized carbons (Fsp3) is 0.368. The smallest absolute Gasteiger partial charge is 0.422 e. The molecule has 1 unspecified atom stereocenters. The van der Waals surface area contributed by atoms with Crippen molar-refractivity contribution in [3.8, 4) is 23.0 Å². The number of ether oxygens (including phenoxy) is 4. The van der Waals surface area contributed by atoms with Gasteiger partial charge in [0.1, 0.15) is 0 Å². The summed E-state index contributed by atoms with van der Waals surface area (Å²) in [6.07, 6.45) is -4.40. The number of alkyl halides is 3. The van der Waals surface area contributed by atoms with Crippen LogP contribution in [0.15, 0.2) is 36.4 Å². The molecule has 1 N–H and O–H groups in total. The van der Waals surface area contributed by atoms with E-state index < -0.39 is 12.8 Å². The molecule has 1 aliphatic heterocycles. The Hall–Kier alpha value is -2.61. The molecule has 0 aromatic heterocycles. The van der Waals surface area contributed by atoms with Crippen LogP contribution >= 0.6 is 0 Å². The van der Waals surface area contributed by atoms with Crippen LogP contribution in [0, 0.1) is 0 Å². The first-order valence-electron chi connectivity index (χ1n) is 8.35. The number of methoxy groups -OCH3 is 1. The molecule has 27 heavy (non-hydrogen) atoms. The maximum Gasteiger partial charge on any atom is 0.422 e. The second-order valence-corrected chi connectivity index (χ2v) is 6.10. The van der Waals surface area contributed by atoms with Gasteiger partial charge in [-0.1, -0.05) is 12.1 Å². The summed E-state index contributed by atoms with van der Waals surface area (Å²) in [6, 6.07) is 10.6. The summed E-state index contributed by atoms with van der Waals surface area (Å²) in [7, 11) is 1.39. The Labute approximate surface area is 155 Å². The minimum absolute atomic E-state index is 0.0339. The van der Waals surface area contributed by atoms with E-state index in [1.165, 1.54) is 13.2 Å². The van der Waals surface area contributed by atoms with Crippen LogP contribution in [-0.4, -0.2) is 26.7 Å². The molecular weight excluding hydrogens is 363 g/mol. The van der Waals surface area contributed by atoms with Gasteiger partial charge >= 0.3 is 6.18 Å². The van der Waals surface area contributed by atoms with E-state index in [9.17, 15) is 13.2 Å². The standard InChI is InChI=1S/C19H20F3NO4/c1-12(14-4-6-16-18(8-14)27-11-26-16)23-9-13-3-5-15(17(7-13)24-2)25-10-19(20,21)22/h3-8,12,23H,9-11H2,1-2H3. The predicted octanol–water partition coefficient (Wildman–Crippen LogP) is 4.22. The summed E-state index contributed by atoms with van der Waals surface area (Å²) in [5.41, 5.74) is 1.90. The van der Waals surface area contributed by atoms with Gasteiger partial charge in [0, 0.05) is 12.6 Å². The Bertz CT molecular complexity index is 795. The van der Waals surface area contributed by atoms with Crippen LogP contribution in [0.3, 0.4) is 0 Å². The normalized spacial score (nSPS) is 14.1. The molecule has 0 aliphatic carbocycles. The van der Waals surface area contributed by atoms with E-state index in [-0.39, 0.29) is 24.3 Å². The number of hydrogen-bond acceptors (Lipinski definition) is 5. The molecule has 0 bridgehead atoms. The van der Waals surface area contributed by atoms with Gasteiger partial charge in [-0.05, 0) is 42.3 Å². The van der Waals surface area contributed by atoms with Crippen molar-refractivity contribution < 1.29 is 32.1 Å². The van der Waals surface area contributed by atoms with Crippen LogP contribution in [0.25, 0.3) is 0 Å². The van der Waals surface area contributed by atoms with Crippen LogP contribution < -0.4 is 24.3 Å². The Kier molecular flexibility index (Phi) is 5.65. The lowest BCUT2D eigenvalue weighted by molar-refractivity contribution is -0.153. The Balaban J connectivity index is 1.62. The van der Waals surface area contributed by atoms with Crippen molar-refractivity contribution in [2.45, 2.75) is 25.7 Å². The first kappa shape index (κ1) is 19.2. The Morgan fingerprint density at radius 3 is 2.59 bits per heavy atom. The van der Waals surface area contributed by atoms with Gasteiger partial charge in [-0.15, -0.1) is 0 Å². The third-order valence-corrected chi connectivity index (χ3v) is 4.13. The predicted molar refractivity (Wildman–Crippen MR) is 92.4 cm³/mol. The SMILES string of the molecule is COc1cc(CNC(C)c2ccc3c(c2)OCO3)ccc1OCC(F)(F)F. The molecule has 1 aliphatic rings. The average Bonchev–Trinajstić information content (AvgIpc) is 3.11. The zero-order valence-electron chi connectivity index (χ0n) is 14.9. The zero-order chi connectivity index (χ0) is 19.4. The summed E-state index contributed by atoms with van der Waals surface area (Å²) < 4.78 is 57.6. The molecule has 0 saturated heterocycles. The molecule has 0 saturated carbocycles. The lowest BCUT2D eigenvalue weighted by atomic mass is 10.1. The maximum absolute atomic E-state index is 12.3. The molecular formula is C19H20F3NO4. The molecule has 0 amide bonds. The van der Waals surface area contributed by atoms with E-state index in [0.717, 1.165) is 16.9 Å². The minimum Gasteiger partial charge on any atom is -0.493 e. The number of rotatable bonds is 7. The van der Waals surface area contributed by atoms with Gasteiger partial charge in [0.05, 0.1) is 7.11 Å².